The van der Waals surface area contributed by atoms with Crippen molar-refractivity contribution in [1.29, 1.82) is 0 Å². The summed E-state index contributed by atoms with van der Waals surface area (Å²) in [6.07, 6.45) is -0.118. The summed E-state index contributed by atoms with van der Waals surface area (Å²) < 4.78 is 0. The molecule has 0 bridgehead atoms. The fourth-order valence-electron chi connectivity index (χ4n) is 1.96. The Bertz CT molecular complexity index is 571. The third-order valence-corrected chi connectivity index (χ3v) is 2.96. The minimum absolute atomic E-state index is 0.00305. The average Bonchev–Trinajstić information content (AvgIpc) is 2.37. The number of nitrogens with two attached hydrogens (primary N) is 1. The molecule has 0 aliphatic rings. The number of carboxylic acids is 1. The molecule has 0 heterocycles. The van der Waals surface area contributed by atoms with Crippen LogP contribution >= 0.6 is 0 Å². The number of benzene rings is 1. The van der Waals surface area contributed by atoms with Crippen LogP contribution in [0.3, 0.4) is 0 Å². The van der Waals surface area contributed by atoms with Gasteiger partial charge in [-0.2, -0.15) is 0 Å². The number of hydrogen-bond donors (Lipinski definition) is 2. The second-order valence-corrected chi connectivity index (χ2v) is 4.75. The van der Waals surface area contributed by atoms with E-state index in [2.05, 4.69) is 0 Å². The highest BCUT2D eigenvalue weighted by molar-refractivity contribution is 5.99. The van der Waals surface area contributed by atoms with Crippen molar-refractivity contribution < 1.29 is 19.6 Å². The van der Waals surface area contributed by atoms with Crippen molar-refractivity contribution in [3.8, 4) is 0 Å². The number of aliphatic carboxylic acids is 1. The predicted octanol–water partition coefficient (Wildman–Crippen LogP) is 1.38. The van der Waals surface area contributed by atoms with Gasteiger partial charge in [0.15, 0.2) is 0 Å². The number of primary amides is 1. The maximum atomic E-state index is 11.5. The van der Waals surface area contributed by atoms with E-state index >= 15 is 0 Å². The van der Waals surface area contributed by atoms with Crippen LogP contribution in [0, 0.1) is 10.1 Å². The van der Waals surface area contributed by atoms with Gasteiger partial charge < -0.3 is 15.7 Å². The van der Waals surface area contributed by atoms with Gasteiger partial charge in [-0.15, -0.1) is 0 Å². The van der Waals surface area contributed by atoms with Crippen molar-refractivity contribution in [1.82, 2.24) is 0 Å². The van der Waals surface area contributed by atoms with Crippen LogP contribution in [0.1, 0.15) is 30.6 Å². The van der Waals surface area contributed by atoms with Gasteiger partial charge >= 0.3 is 5.97 Å². The zero-order valence-corrected chi connectivity index (χ0v) is 11.8. The second-order valence-electron chi connectivity index (χ2n) is 4.75. The molecule has 3 N–H and O–H groups in total. The molecule has 1 rings (SSSR count). The highest BCUT2D eigenvalue weighted by atomic mass is 16.6. The van der Waals surface area contributed by atoms with Crippen LogP contribution in [0.2, 0.25) is 0 Å². The Balaban J connectivity index is 3.26. The summed E-state index contributed by atoms with van der Waals surface area (Å²) in [7, 11) is 0. The van der Waals surface area contributed by atoms with Gasteiger partial charge in [0, 0.05) is 24.7 Å². The smallest absolute Gasteiger partial charge is 0.305 e. The summed E-state index contributed by atoms with van der Waals surface area (Å²) in [5.41, 5.74) is 5.43. The van der Waals surface area contributed by atoms with E-state index in [1.165, 1.54) is 12.1 Å². The Morgan fingerprint density at radius 3 is 2.48 bits per heavy atom. The van der Waals surface area contributed by atoms with Crippen molar-refractivity contribution in [2.45, 2.75) is 26.3 Å². The summed E-state index contributed by atoms with van der Waals surface area (Å²) >= 11 is 0. The summed E-state index contributed by atoms with van der Waals surface area (Å²) in [4.78, 5) is 34.1. The first-order chi connectivity index (χ1) is 9.73. The standard InChI is InChI=1S/C13H17N3O5/c1-8(2)15(6-5-12(17)18)11-4-3-9(16(20)21)7-10(11)13(14)19/h3-4,7-8H,5-6H2,1-2H3,(H2,14,19)(H,17,18). The van der Waals surface area contributed by atoms with Gasteiger partial charge in [-0.3, -0.25) is 19.7 Å². The molecule has 8 heteroatoms. The van der Waals surface area contributed by atoms with Gasteiger partial charge in [-0.25, -0.2) is 0 Å². The lowest BCUT2D eigenvalue weighted by molar-refractivity contribution is -0.384. The third kappa shape index (κ3) is 4.16. The lowest BCUT2D eigenvalue weighted by atomic mass is 10.1. The van der Waals surface area contributed by atoms with Gasteiger partial charge in [-0.1, -0.05) is 0 Å². The molecular weight excluding hydrogens is 278 g/mol. The first-order valence-electron chi connectivity index (χ1n) is 6.30. The lowest BCUT2D eigenvalue weighted by Crippen LogP contribution is -2.34. The maximum Gasteiger partial charge on any atom is 0.305 e. The fraction of sp³-hybridized carbons (Fsp3) is 0.385. The van der Waals surface area contributed by atoms with Crippen LogP contribution in [0.5, 0.6) is 0 Å². The molecule has 1 aromatic rings. The van der Waals surface area contributed by atoms with Crippen molar-refractivity contribution >= 4 is 23.3 Å². The van der Waals surface area contributed by atoms with Crippen molar-refractivity contribution in [2.75, 3.05) is 11.4 Å². The molecule has 0 saturated carbocycles. The number of hydrogen-bond acceptors (Lipinski definition) is 5. The number of carboxylic acid groups (broad SMARTS) is 1. The predicted molar refractivity (Wildman–Crippen MR) is 76.3 cm³/mol. The number of nitro benzene ring substituents is 1. The molecule has 0 fully saturated rings. The topological polar surface area (TPSA) is 127 Å². The van der Waals surface area contributed by atoms with E-state index in [4.69, 9.17) is 10.8 Å². The molecule has 0 atom stereocenters. The molecule has 8 nitrogen and oxygen atoms in total. The van der Waals surface area contributed by atoms with Crippen LogP contribution < -0.4 is 10.6 Å². The number of carbonyl (C=O) groups is 2. The molecule has 21 heavy (non-hydrogen) atoms. The van der Waals surface area contributed by atoms with Crippen molar-refractivity contribution in [2.24, 2.45) is 5.73 Å². The highest BCUT2D eigenvalue weighted by Crippen LogP contribution is 2.27. The van der Waals surface area contributed by atoms with E-state index in [1.54, 1.807) is 4.90 Å². The van der Waals surface area contributed by atoms with Crippen molar-refractivity contribution in [3.05, 3.63) is 33.9 Å². The van der Waals surface area contributed by atoms with Gasteiger partial charge in [0.25, 0.3) is 11.6 Å². The van der Waals surface area contributed by atoms with Crippen LogP contribution in [-0.4, -0.2) is 34.5 Å². The van der Waals surface area contributed by atoms with E-state index in [0.717, 1.165) is 6.07 Å². The fourth-order valence-corrected chi connectivity index (χ4v) is 1.96. The van der Waals surface area contributed by atoms with E-state index in [9.17, 15) is 19.7 Å². The second kappa shape index (κ2) is 6.69. The van der Waals surface area contributed by atoms with E-state index in [-0.39, 0.29) is 30.3 Å². The van der Waals surface area contributed by atoms with Gasteiger partial charge in [-0.05, 0) is 19.9 Å². The van der Waals surface area contributed by atoms with Gasteiger partial charge in [0.1, 0.15) is 0 Å². The molecule has 0 unspecified atom stereocenters. The number of amides is 1. The lowest BCUT2D eigenvalue weighted by Gasteiger charge is -2.29. The Kier molecular flexibility index (Phi) is 5.23. The summed E-state index contributed by atoms with van der Waals surface area (Å²) in [6, 6.07) is 3.69. The number of nitrogens with zero attached hydrogens (tertiary/aromatic N) is 2. The number of carbonyl (C=O) groups excluding carboxylic acids is 1. The SMILES string of the molecule is CC(C)N(CCC(=O)O)c1ccc([N+](=O)[O-])cc1C(N)=O. The number of nitro groups is 1. The molecule has 1 amide bonds. The van der Waals surface area contributed by atoms with Gasteiger partial charge in [0.2, 0.25) is 0 Å². The molecular formula is C13H17N3O5. The largest absolute Gasteiger partial charge is 0.481 e. The monoisotopic (exact) mass is 295 g/mol. The van der Waals surface area contributed by atoms with Crippen molar-refractivity contribution in [3.63, 3.8) is 0 Å². The average molecular weight is 295 g/mol. The van der Waals surface area contributed by atoms with E-state index in [1.807, 2.05) is 13.8 Å². The molecule has 1 aromatic carbocycles. The first kappa shape index (κ1) is 16.4. The Labute approximate surface area is 121 Å². The Hall–Kier alpha value is -2.64. The molecule has 0 aliphatic carbocycles. The first-order valence-corrected chi connectivity index (χ1v) is 6.30. The van der Waals surface area contributed by atoms with Crippen LogP contribution in [0.15, 0.2) is 18.2 Å². The van der Waals surface area contributed by atoms with Gasteiger partial charge in [0.05, 0.1) is 22.6 Å². The summed E-state index contributed by atoms with van der Waals surface area (Å²) in [5.74, 6) is -1.77. The van der Waals surface area contributed by atoms with Crippen LogP contribution in [-0.2, 0) is 4.79 Å². The zero-order valence-electron chi connectivity index (χ0n) is 11.8. The minimum Gasteiger partial charge on any atom is -0.481 e. The molecule has 0 spiro atoms. The summed E-state index contributed by atoms with van der Waals surface area (Å²) in [5, 5.41) is 19.5. The normalized spacial score (nSPS) is 10.4. The summed E-state index contributed by atoms with van der Waals surface area (Å²) in [6.45, 7) is 3.83. The van der Waals surface area contributed by atoms with E-state index in [0.29, 0.717) is 5.69 Å². The third-order valence-electron chi connectivity index (χ3n) is 2.96. The molecule has 114 valence electrons. The maximum absolute atomic E-state index is 11.5. The zero-order chi connectivity index (χ0) is 16.2. The Morgan fingerprint density at radius 1 is 1.43 bits per heavy atom. The number of anilines is 1. The van der Waals surface area contributed by atoms with E-state index < -0.39 is 16.8 Å². The molecule has 0 saturated heterocycles. The minimum atomic E-state index is -0.969. The number of rotatable bonds is 7. The van der Waals surface area contributed by atoms with Crippen LogP contribution in [0.25, 0.3) is 0 Å². The quantitative estimate of drug-likeness (QED) is 0.578. The Morgan fingerprint density at radius 2 is 2.05 bits per heavy atom. The molecule has 0 aromatic heterocycles. The molecule has 0 radical (unpaired) electrons. The number of non-ortho nitro benzene ring substituents is 1. The van der Waals surface area contributed by atoms with Crippen LogP contribution in [0.4, 0.5) is 11.4 Å². The highest BCUT2D eigenvalue weighted by Gasteiger charge is 2.21. The molecule has 0 aliphatic heterocycles.